The molecule has 0 bridgehead atoms. The summed E-state index contributed by atoms with van der Waals surface area (Å²) in [4.78, 5) is 11.3. The third-order valence-corrected chi connectivity index (χ3v) is 3.26. The molecule has 3 aromatic rings. The molecular formula is C15H10ClNO2. The van der Waals surface area contributed by atoms with E-state index in [2.05, 4.69) is 0 Å². The van der Waals surface area contributed by atoms with Crippen molar-refractivity contribution in [1.82, 2.24) is 4.57 Å². The molecule has 0 atom stereocenters. The van der Waals surface area contributed by atoms with Crippen molar-refractivity contribution in [3.63, 3.8) is 0 Å². The fourth-order valence-corrected chi connectivity index (χ4v) is 2.37. The summed E-state index contributed by atoms with van der Waals surface area (Å²) in [6, 6.07) is 14.7. The second-order valence-corrected chi connectivity index (χ2v) is 4.65. The van der Waals surface area contributed by atoms with Crippen molar-refractivity contribution in [3.05, 3.63) is 65.3 Å². The van der Waals surface area contributed by atoms with Crippen LogP contribution in [0.15, 0.2) is 54.7 Å². The van der Waals surface area contributed by atoms with Gasteiger partial charge in [-0.3, -0.25) is 0 Å². The number of aromatic carboxylic acids is 1. The summed E-state index contributed by atoms with van der Waals surface area (Å²) in [5.74, 6) is -0.933. The van der Waals surface area contributed by atoms with E-state index < -0.39 is 5.97 Å². The number of hydrogen-bond donors (Lipinski definition) is 1. The highest BCUT2D eigenvalue weighted by Crippen LogP contribution is 2.26. The van der Waals surface area contributed by atoms with Gasteiger partial charge in [0.15, 0.2) is 0 Å². The molecule has 0 radical (unpaired) electrons. The number of hydrogen-bond acceptors (Lipinski definition) is 1. The predicted octanol–water partition coefficient (Wildman–Crippen LogP) is 3.98. The molecule has 19 heavy (non-hydrogen) atoms. The maximum absolute atomic E-state index is 11.3. The summed E-state index contributed by atoms with van der Waals surface area (Å²) < 4.78 is 1.84. The summed E-state index contributed by atoms with van der Waals surface area (Å²) in [5, 5.41) is 10.6. The first-order valence-corrected chi connectivity index (χ1v) is 6.14. The van der Waals surface area contributed by atoms with Crippen molar-refractivity contribution in [3.8, 4) is 5.69 Å². The molecule has 4 heteroatoms. The molecule has 0 aliphatic carbocycles. The quantitative estimate of drug-likeness (QED) is 0.766. The topological polar surface area (TPSA) is 42.2 Å². The maximum Gasteiger partial charge on any atom is 0.337 e. The summed E-state index contributed by atoms with van der Waals surface area (Å²) in [6.45, 7) is 0. The molecule has 1 heterocycles. The Morgan fingerprint density at radius 3 is 2.63 bits per heavy atom. The maximum atomic E-state index is 11.3. The summed E-state index contributed by atoms with van der Waals surface area (Å²) in [7, 11) is 0. The van der Waals surface area contributed by atoms with Crippen LogP contribution in [0.3, 0.4) is 0 Å². The van der Waals surface area contributed by atoms with Crippen LogP contribution in [0.4, 0.5) is 0 Å². The van der Waals surface area contributed by atoms with Gasteiger partial charge < -0.3 is 9.67 Å². The van der Waals surface area contributed by atoms with E-state index in [-0.39, 0.29) is 5.56 Å². The number of aromatic nitrogens is 1. The van der Waals surface area contributed by atoms with Crippen molar-refractivity contribution in [2.75, 3.05) is 0 Å². The molecule has 94 valence electrons. The molecule has 0 unspecified atom stereocenters. The van der Waals surface area contributed by atoms with E-state index in [9.17, 15) is 9.90 Å². The van der Waals surface area contributed by atoms with Crippen molar-refractivity contribution < 1.29 is 9.90 Å². The van der Waals surface area contributed by atoms with Gasteiger partial charge in [-0.1, -0.05) is 35.9 Å². The summed E-state index contributed by atoms with van der Waals surface area (Å²) in [5.41, 5.74) is 1.98. The monoisotopic (exact) mass is 271 g/mol. The predicted molar refractivity (Wildman–Crippen MR) is 75.2 cm³/mol. The molecule has 2 aromatic carbocycles. The highest BCUT2D eigenvalue weighted by molar-refractivity contribution is 6.30. The van der Waals surface area contributed by atoms with Gasteiger partial charge in [0, 0.05) is 22.3 Å². The molecule has 1 aromatic heterocycles. The Labute approximate surface area is 114 Å². The van der Waals surface area contributed by atoms with E-state index in [4.69, 9.17) is 11.6 Å². The third-order valence-electron chi connectivity index (χ3n) is 3.03. The van der Waals surface area contributed by atoms with Gasteiger partial charge in [-0.2, -0.15) is 0 Å². The van der Waals surface area contributed by atoms with Gasteiger partial charge in [0.25, 0.3) is 0 Å². The van der Waals surface area contributed by atoms with Gasteiger partial charge in [-0.05, 0) is 24.3 Å². The lowest BCUT2D eigenvalue weighted by Gasteiger charge is -2.05. The van der Waals surface area contributed by atoms with Crippen LogP contribution < -0.4 is 0 Å². The number of carbonyl (C=O) groups is 1. The molecule has 0 amide bonds. The number of rotatable bonds is 2. The lowest BCUT2D eigenvalue weighted by molar-refractivity contribution is 0.0699. The first kappa shape index (κ1) is 11.8. The van der Waals surface area contributed by atoms with Crippen molar-refractivity contribution in [1.29, 1.82) is 0 Å². The molecular weight excluding hydrogens is 262 g/mol. The molecule has 0 spiro atoms. The van der Waals surface area contributed by atoms with E-state index in [1.54, 1.807) is 24.4 Å². The van der Waals surface area contributed by atoms with Crippen molar-refractivity contribution in [2.24, 2.45) is 0 Å². The Hall–Kier alpha value is -2.26. The van der Waals surface area contributed by atoms with Crippen LogP contribution in [-0.4, -0.2) is 15.6 Å². The molecule has 3 nitrogen and oxygen atoms in total. The second kappa shape index (κ2) is 4.44. The van der Waals surface area contributed by atoms with Crippen LogP contribution in [0.5, 0.6) is 0 Å². The molecule has 1 N–H and O–H groups in total. The zero-order valence-electron chi connectivity index (χ0n) is 9.88. The number of fused-ring (bicyclic) bond motifs is 1. The fourth-order valence-electron chi connectivity index (χ4n) is 2.19. The van der Waals surface area contributed by atoms with Gasteiger partial charge in [-0.25, -0.2) is 4.79 Å². The van der Waals surface area contributed by atoms with E-state index in [0.717, 1.165) is 16.6 Å². The third kappa shape index (κ3) is 1.98. The van der Waals surface area contributed by atoms with Crippen LogP contribution >= 0.6 is 11.6 Å². The Morgan fingerprint density at radius 2 is 1.89 bits per heavy atom. The van der Waals surface area contributed by atoms with Gasteiger partial charge >= 0.3 is 5.97 Å². The second-order valence-electron chi connectivity index (χ2n) is 4.21. The number of halogens is 1. The largest absolute Gasteiger partial charge is 0.478 e. The van der Waals surface area contributed by atoms with Gasteiger partial charge in [-0.15, -0.1) is 0 Å². The van der Waals surface area contributed by atoms with Crippen LogP contribution in [-0.2, 0) is 0 Å². The zero-order chi connectivity index (χ0) is 13.4. The first-order chi connectivity index (χ1) is 9.16. The zero-order valence-corrected chi connectivity index (χ0v) is 10.6. The van der Waals surface area contributed by atoms with Gasteiger partial charge in [0.2, 0.25) is 0 Å². The van der Waals surface area contributed by atoms with Crippen LogP contribution in [0.2, 0.25) is 5.02 Å². The number of para-hydroxylation sites is 1. The number of carboxylic acids is 1. The van der Waals surface area contributed by atoms with E-state index >= 15 is 0 Å². The molecule has 0 aliphatic heterocycles. The van der Waals surface area contributed by atoms with Gasteiger partial charge in [0.1, 0.15) is 0 Å². The fraction of sp³-hybridized carbons (Fsp3) is 0. The molecule has 0 aliphatic rings. The summed E-state index contributed by atoms with van der Waals surface area (Å²) >= 11 is 5.99. The average molecular weight is 272 g/mol. The summed E-state index contributed by atoms with van der Waals surface area (Å²) in [6.07, 6.45) is 1.62. The Morgan fingerprint density at radius 1 is 1.11 bits per heavy atom. The first-order valence-electron chi connectivity index (χ1n) is 5.76. The normalized spacial score (nSPS) is 10.8. The van der Waals surface area contributed by atoms with E-state index in [1.807, 2.05) is 34.9 Å². The Balaban J connectivity index is 2.33. The molecule has 0 saturated carbocycles. The minimum Gasteiger partial charge on any atom is -0.478 e. The minimum absolute atomic E-state index is 0.288. The molecule has 3 rings (SSSR count). The van der Waals surface area contributed by atoms with Crippen LogP contribution in [0, 0.1) is 0 Å². The number of carboxylic acid groups (broad SMARTS) is 1. The smallest absolute Gasteiger partial charge is 0.337 e. The Kier molecular flexibility index (Phi) is 2.76. The van der Waals surface area contributed by atoms with Crippen LogP contribution in [0.1, 0.15) is 10.4 Å². The Bertz CT molecular complexity index is 777. The highest BCUT2D eigenvalue weighted by atomic mass is 35.5. The highest BCUT2D eigenvalue weighted by Gasteiger charge is 2.14. The number of nitrogens with zero attached hydrogens (tertiary/aromatic N) is 1. The van der Waals surface area contributed by atoms with E-state index in [1.165, 1.54) is 0 Å². The van der Waals surface area contributed by atoms with Gasteiger partial charge in [0.05, 0.1) is 11.1 Å². The minimum atomic E-state index is -0.933. The molecule has 0 fully saturated rings. The van der Waals surface area contributed by atoms with Crippen molar-refractivity contribution >= 4 is 28.5 Å². The van der Waals surface area contributed by atoms with E-state index in [0.29, 0.717) is 5.02 Å². The number of benzene rings is 2. The molecule has 0 saturated heterocycles. The SMILES string of the molecule is O=C(O)c1cn(-c2cccc(Cl)c2)c2ccccc12. The van der Waals surface area contributed by atoms with Crippen molar-refractivity contribution in [2.45, 2.75) is 0 Å². The lowest BCUT2D eigenvalue weighted by Crippen LogP contribution is -1.94. The van der Waals surface area contributed by atoms with Crippen LogP contribution in [0.25, 0.3) is 16.6 Å². The lowest BCUT2D eigenvalue weighted by atomic mass is 10.2. The average Bonchev–Trinajstić information content (AvgIpc) is 2.78. The standard InChI is InChI=1S/C15H10ClNO2/c16-10-4-3-5-11(8-10)17-9-13(15(18)19)12-6-1-2-7-14(12)17/h1-9H,(H,18,19).